The summed E-state index contributed by atoms with van der Waals surface area (Å²) < 4.78 is 63.3. The Morgan fingerprint density at radius 2 is 1.77 bits per heavy atom. The van der Waals surface area contributed by atoms with Crippen molar-refractivity contribution in [1.29, 1.82) is 0 Å². The second kappa shape index (κ2) is 6.63. The number of rotatable bonds is 3. The van der Waals surface area contributed by atoms with E-state index in [0.29, 0.717) is 18.7 Å². The predicted octanol–water partition coefficient (Wildman–Crippen LogP) is 2.19. The van der Waals surface area contributed by atoms with E-state index in [1.165, 1.54) is 4.31 Å². The Labute approximate surface area is 150 Å². The van der Waals surface area contributed by atoms with Crippen molar-refractivity contribution in [3.05, 3.63) is 12.0 Å². The number of nitrogens with zero attached hydrogens (tertiary/aromatic N) is 2. The van der Waals surface area contributed by atoms with E-state index in [0.717, 1.165) is 5.41 Å². The highest BCUT2D eigenvalue weighted by Crippen LogP contribution is 2.41. The van der Waals surface area contributed by atoms with Crippen LogP contribution in [0.5, 0.6) is 0 Å². The van der Waals surface area contributed by atoms with Gasteiger partial charge >= 0.3 is 6.18 Å². The summed E-state index contributed by atoms with van der Waals surface area (Å²) >= 11 is 0. The number of aliphatic imine (C=N–C) groups is 1. The van der Waals surface area contributed by atoms with Crippen LogP contribution in [0, 0.1) is 11.8 Å². The number of halogens is 3. The van der Waals surface area contributed by atoms with Gasteiger partial charge in [-0.15, -0.1) is 0 Å². The van der Waals surface area contributed by atoms with Crippen LogP contribution in [0.1, 0.15) is 38.5 Å². The van der Waals surface area contributed by atoms with E-state index in [1.54, 1.807) is 0 Å². The summed E-state index contributed by atoms with van der Waals surface area (Å²) in [6.07, 6.45) is -2.88. The van der Waals surface area contributed by atoms with Crippen molar-refractivity contribution in [2.45, 2.75) is 50.2 Å². The molecule has 10 heteroatoms. The number of carbonyl (C=O) groups is 1. The zero-order valence-corrected chi connectivity index (χ0v) is 15.1. The number of hydrogen-bond acceptors (Lipinski definition) is 4. The van der Waals surface area contributed by atoms with E-state index in [1.807, 2.05) is 0 Å². The average Bonchev–Trinajstić information content (AvgIpc) is 2.91. The number of carbonyl (C=O) groups excluding carboxylic acids is 1. The van der Waals surface area contributed by atoms with Gasteiger partial charge in [0.25, 0.3) is 5.91 Å². The van der Waals surface area contributed by atoms with Crippen LogP contribution in [0.3, 0.4) is 0 Å². The number of amides is 1. The lowest BCUT2D eigenvalue weighted by Crippen LogP contribution is -2.50. The third kappa shape index (κ3) is 3.53. The molecule has 6 nitrogen and oxygen atoms in total. The van der Waals surface area contributed by atoms with E-state index in [-0.39, 0.29) is 50.6 Å². The first-order chi connectivity index (χ1) is 12.1. The number of amidine groups is 1. The van der Waals surface area contributed by atoms with Gasteiger partial charge in [-0.3, -0.25) is 9.79 Å². The van der Waals surface area contributed by atoms with E-state index in [4.69, 9.17) is 0 Å². The van der Waals surface area contributed by atoms with Crippen molar-refractivity contribution >= 4 is 21.8 Å². The topological polar surface area (TPSA) is 78.8 Å². The molecular formula is C16H22F3N3O3S. The van der Waals surface area contributed by atoms with E-state index in [9.17, 15) is 26.4 Å². The molecule has 3 aliphatic rings. The fourth-order valence-corrected chi connectivity index (χ4v) is 4.89. The number of alkyl halides is 3. The summed E-state index contributed by atoms with van der Waals surface area (Å²) in [5.41, 5.74) is -0.997. The lowest BCUT2D eigenvalue weighted by Gasteiger charge is -2.34. The Bertz CT molecular complexity index is 717. The molecule has 1 aliphatic carbocycles. The summed E-state index contributed by atoms with van der Waals surface area (Å²) in [6, 6.07) is 0. The van der Waals surface area contributed by atoms with E-state index >= 15 is 0 Å². The minimum Gasteiger partial charge on any atom is -0.312 e. The van der Waals surface area contributed by atoms with Gasteiger partial charge in [-0.25, -0.2) is 8.42 Å². The maximum Gasteiger partial charge on any atom is 0.391 e. The monoisotopic (exact) mass is 393 g/mol. The van der Waals surface area contributed by atoms with Crippen molar-refractivity contribution < 1.29 is 26.4 Å². The molecule has 1 saturated carbocycles. The molecule has 26 heavy (non-hydrogen) atoms. The van der Waals surface area contributed by atoms with Crippen molar-refractivity contribution in [2.75, 3.05) is 13.1 Å². The Morgan fingerprint density at radius 3 is 2.27 bits per heavy atom. The highest BCUT2D eigenvalue weighted by molar-refractivity contribution is 7.92. The van der Waals surface area contributed by atoms with Crippen molar-refractivity contribution in [3.8, 4) is 0 Å². The van der Waals surface area contributed by atoms with Gasteiger partial charge in [-0.1, -0.05) is 6.58 Å². The third-order valence-corrected chi connectivity index (χ3v) is 7.20. The van der Waals surface area contributed by atoms with Gasteiger partial charge in [-0.2, -0.15) is 17.5 Å². The normalized spacial score (nSPS) is 30.1. The highest BCUT2D eigenvalue weighted by Gasteiger charge is 2.49. The average molecular weight is 393 g/mol. The molecule has 1 amide bonds. The molecule has 0 bridgehead atoms. The van der Waals surface area contributed by atoms with Crippen LogP contribution < -0.4 is 5.32 Å². The molecule has 2 aliphatic heterocycles. The van der Waals surface area contributed by atoms with Gasteiger partial charge in [0.1, 0.15) is 11.4 Å². The first kappa shape index (κ1) is 19.3. The molecule has 1 spiro atoms. The fourth-order valence-electron chi connectivity index (χ4n) is 3.98. The molecule has 0 unspecified atom stereocenters. The zero-order valence-electron chi connectivity index (χ0n) is 14.3. The van der Waals surface area contributed by atoms with Crippen LogP contribution in [-0.4, -0.2) is 49.3 Å². The lowest BCUT2D eigenvalue weighted by molar-refractivity contribution is -0.182. The molecule has 1 saturated heterocycles. The minimum absolute atomic E-state index is 0.0431. The first-order valence-electron chi connectivity index (χ1n) is 8.68. The number of piperidine rings is 1. The predicted molar refractivity (Wildman–Crippen MR) is 89.7 cm³/mol. The zero-order chi connectivity index (χ0) is 19.2. The summed E-state index contributed by atoms with van der Waals surface area (Å²) in [7, 11) is -3.53. The van der Waals surface area contributed by atoms with Crippen LogP contribution >= 0.6 is 0 Å². The quantitative estimate of drug-likeness (QED) is 0.798. The largest absolute Gasteiger partial charge is 0.391 e. The van der Waals surface area contributed by atoms with Crippen LogP contribution in [-0.2, 0) is 14.8 Å². The fraction of sp³-hybridized carbons (Fsp3) is 0.750. The second-order valence-corrected chi connectivity index (χ2v) is 9.06. The molecule has 0 atom stereocenters. The van der Waals surface area contributed by atoms with E-state index < -0.39 is 27.7 Å². The smallest absolute Gasteiger partial charge is 0.312 e. The molecule has 1 N–H and O–H groups in total. The Hall–Kier alpha value is -1.42. The SMILES string of the molecule is C=CS(=O)(=O)N1CCC2(CC1)N=C(C1CCC(C(F)(F)F)CC1)NC2=O. The Morgan fingerprint density at radius 1 is 1.19 bits per heavy atom. The molecule has 0 aromatic carbocycles. The van der Waals surface area contributed by atoms with Crippen LogP contribution in [0.4, 0.5) is 13.2 Å². The number of hydrogen-bond donors (Lipinski definition) is 1. The molecule has 2 fully saturated rings. The molecule has 146 valence electrons. The molecule has 2 heterocycles. The summed E-state index contributed by atoms with van der Waals surface area (Å²) in [5, 5.41) is 3.63. The maximum absolute atomic E-state index is 12.8. The van der Waals surface area contributed by atoms with Gasteiger partial charge in [0.15, 0.2) is 0 Å². The molecule has 0 radical (unpaired) electrons. The van der Waals surface area contributed by atoms with Gasteiger partial charge in [0.05, 0.1) is 5.92 Å². The van der Waals surface area contributed by atoms with Crippen LogP contribution in [0.2, 0.25) is 0 Å². The number of sulfonamides is 1. The molecule has 0 aromatic rings. The Kier molecular flexibility index (Phi) is 4.93. The molecule has 0 aromatic heterocycles. The van der Waals surface area contributed by atoms with Crippen molar-refractivity contribution in [3.63, 3.8) is 0 Å². The Balaban J connectivity index is 1.66. The highest BCUT2D eigenvalue weighted by atomic mass is 32.2. The summed E-state index contributed by atoms with van der Waals surface area (Å²) in [5.74, 6) is -1.26. The van der Waals surface area contributed by atoms with Crippen LogP contribution in [0.25, 0.3) is 0 Å². The standard InChI is InChI=1S/C16H22F3N3O3S/c1-2-26(24,25)22-9-7-15(8-10-22)14(23)20-13(21-15)11-3-5-12(6-4-11)16(17,18)19/h2,11-12H,1,3-10H2,(H,20,21,23). The van der Waals surface area contributed by atoms with Gasteiger partial charge in [-0.05, 0) is 38.5 Å². The summed E-state index contributed by atoms with van der Waals surface area (Å²) in [4.78, 5) is 17.0. The molecular weight excluding hydrogens is 371 g/mol. The maximum atomic E-state index is 12.8. The van der Waals surface area contributed by atoms with Gasteiger partial charge < -0.3 is 5.32 Å². The third-order valence-electron chi connectivity index (χ3n) is 5.70. The summed E-state index contributed by atoms with van der Waals surface area (Å²) in [6.45, 7) is 3.62. The second-order valence-electron chi connectivity index (χ2n) is 7.18. The molecule has 3 rings (SSSR count). The van der Waals surface area contributed by atoms with Crippen molar-refractivity contribution in [2.24, 2.45) is 16.8 Å². The van der Waals surface area contributed by atoms with Crippen molar-refractivity contribution in [1.82, 2.24) is 9.62 Å². The lowest BCUT2D eigenvalue weighted by atomic mass is 9.81. The first-order valence-corrected chi connectivity index (χ1v) is 10.2. The minimum atomic E-state index is -4.17. The van der Waals surface area contributed by atoms with Crippen LogP contribution in [0.15, 0.2) is 17.0 Å². The van der Waals surface area contributed by atoms with Gasteiger partial charge in [0, 0.05) is 24.4 Å². The van der Waals surface area contributed by atoms with Gasteiger partial charge in [0.2, 0.25) is 10.0 Å². The number of nitrogens with one attached hydrogen (secondary N) is 1. The van der Waals surface area contributed by atoms with E-state index in [2.05, 4.69) is 16.9 Å².